The number of hydrogen-bond donors (Lipinski definition) is 1. The lowest BCUT2D eigenvalue weighted by atomic mass is 10.2. The van der Waals surface area contributed by atoms with E-state index in [1.165, 1.54) is 28.7 Å². The first kappa shape index (κ1) is 16.1. The Balaban J connectivity index is 1.47. The first-order valence-electron chi connectivity index (χ1n) is 7.79. The summed E-state index contributed by atoms with van der Waals surface area (Å²) >= 11 is 2.77. The van der Waals surface area contributed by atoms with Gasteiger partial charge in [-0.2, -0.15) is 0 Å². The van der Waals surface area contributed by atoms with E-state index in [0.717, 1.165) is 21.3 Å². The highest BCUT2D eigenvalue weighted by Crippen LogP contribution is 2.29. The van der Waals surface area contributed by atoms with Crippen molar-refractivity contribution >= 4 is 55.5 Å². The quantitative estimate of drug-likeness (QED) is 0.520. The number of carbonyl (C=O) groups is 1. The van der Waals surface area contributed by atoms with Gasteiger partial charge in [0.05, 0.1) is 15.5 Å². The van der Waals surface area contributed by atoms with E-state index in [1.54, 1.807) is 0 Å². The molecule has 2 aromatic carbocycles. The molecular formula is C18H15N3O2S2. The van der Waals surface area contributed by atoms with Gasteiger partial charge in [-0.05, 0) is 43.7 Å². The molecule has 0 saturated carbocycles. The van der Waals surface area contributed by atoms with Crippen LogP contribution in [0.5, 0.6) is 0 Å². The van der Waals surface area contributed by atoms with E-state index >= 15 is 0 Å². The monoisotopic (exact) mass is 369 g/mol. The van der Waals surface area contributed by atoms with Crippen molar-refractivity contribution in [2.24, 2.45) is 0 Å². The van der Waals surface area contributed by atoms with Crippen molar-refractivity contribution in [3.05, 3.63) is 48.0 Å². The van der Waals surface area contributed by atoms with Gasteiger partial charge in [-0.3, -0.25) is 4.79 Å². The lowest BCUT2D eigenvalue weighted by Crippen LogP contribution is -2.22. The van der Waals surface area contributed by atoms with Gasteiger partial charge in [-0.1, -0.05) is 41.3 Å². The molecule has 7 heteroatoms. The van der Waals surface area contributed by atoms with Crippen LogP contribution in [0.1, 0.15) is 12.5 Å². The molecule has 0 fully saturated rings. The molecule has 0 radical (unpaired) electrons. The molecule has 1 N–H and O–H groups in total. The van der Waals surface area contributed by atoms with Crippen molar-refractivity contribution < 1.29 is 9.21 Å². The van der Waals surface area contributed by atoms with Crippen LogP contribution >= 0.6 is 23.1 Å². The van der Waals surface area contributed by atoms with Crippen LogP contribution in [0.15, 0.2) is 52.1 Å². The SMILES string of the molecule is Cc1ccc2nc(NC(=O)C(C)Sc3nc4ccccc4o3)sc2c1. The summed E-state index contributed by atoms with van der Waals surface area (Å²) in [4.78, 5) is 21.3. The maximum atomic E-state index is 12.4. The largest absolute Gasteiger partial charge is 0.431 e. The molecule has 0 aliphatic heterocycles. The summed E-state index contributed by atoms with van der Waals surface area (Å²) < 4.78 is 6.72. The Hall–Kier alpha value is -2.38. The number of rotatable bonds is 4. The van der Waals surface area contributed by atoms with Crippen LogP contribution in [-0.4, -0.2) is 21.1 Å². The first-order chi connectivity index (χ1) is 12.1. The Morgan fingerprint density at radius 1 is 1.20 bits per heavy atom. The predicted molar refractivity (Wildman–Crippen MR) is 102 cm³/mol. The number of para-hydroxylation sites is 2. The zero-order chi connectivity index (χ0) is 17.4. The van der Waals surface area contributed by atoms with Crippen molar-refractivity contribution in [2.45, 2.75) is 24.3 Å². The third-order valence-corrected chi connectivity index (χ3v) is 5.57. The number of thiazole rings is 1. The molecule has 4 rings (SSSR count). The second-order valence-electron chi connectivity index (χ2n) is 5.69. The molecule has 1 unspecified atom stereocenters. The Morgan fingerprint density at radius 3 is 2.88 bits per heavy atom. The third-order valence-electron chi connectivity index (χ3n) is 3.70. The number of amides is 1. The van der Waals surface area contributed by atoms with Crippen molar-refractivity contribution in [1.82, 2.24) is 9.97 Å². The number of oxazole rings is 1. The van der Waals surface area contributed by atoms with Crippen molar-refractivity contribution in [3.8, 4) is 0 Å². The topological polar surface area (TPSA) is 68.0 Å². The van der Waals surface area contributed by atoms with Crippen LogP contribution in [0.4, 0.5) is 5.13 Å². The zero-order valence-corrected chi connectivity index (χ0v) is 15.3. The van der Waals surface area contributed by atoms with E-state index < -0.39 is 0 Å². The van der Waals surface area contributed by atoms with Crippen LogP contribution in [-0.2, 0) is 4.79 Å². The molecule has 0 aliphatic carbocycles. The Bertz CT molecular complexity index is 1040. The van der Waals surface area contributed by atoms with Crippen LogP contribution in [0.25, 0.3) is 21.3 Å². The molecule has 0 spiro atoms. The fraction of sp³-hybridized carbons (Fsp3) is 0.167. The van der Waals surface area contributed by atoms with Gasteiger partial charge in [0.15, 0.2) is 10.7 Å². The molecule has 2 heterocycles. The summed E-state index contributed by atoms with van der Waals surface area (Å²) in [5, 5.41) is 3.63. The fourth-order valence-electron chi connectivity index (χ4n) is 2.40. The molecule has 0 saturated heterocycles. The number of thioether (sulfide) groups is 1. The van der Waals surface area contributed by atoms with E-state index in [-0.39, 0.29) is 11.2 Å². The average molecular weight is 369 g/mol. The van der Waals surface area contributed by atoms with E-state index in [4.69, 9.17) is 4.42 Å². The molecule has 0 bridgehead atoms. The van der Waals surface area contributed by atoms with Gasteiger partial charge in [0.2, 0.25) is 5.91 Å². The van der Waals surface area contributed by atoms with Gasteiger partial charge >= 0.3 is 0 Å². The zero-order valence-electron chi connectivity index (χ0n) is 13.6. The molecular weight excluding hydrogens is 354 g/mol. The summed E-state index contributed by atoms with van der Waals surface area (Å²) in [5.74, 6) is -0.122. The van der Waals surface area contributed by atoms with Crippen LogP contribution in [0.3, 0.4) is 0 Å². The molecule has 4 aromatic rings. The summed E-state index contributed by atoms with van der Waals surface area (Å²) in [6.07, 6.45) is 0. The van der Waals surface area contributed by atoms with Gasteiger partial charge in [-0.25, -0.2) is 9.97 Å². The Morgan fingerprint density at radius 2 is 2.04 bits per heavy atom. The molecule has 2 aromatic heterocycles. The van der Waals surface area contributed by atoms with E-state index in [9.17, 15) is 4.79 Å². The van der Waals surface area contributed by atoms with Crippen molar-refractivity contribution in [1.29, 1.82) is 0 Å². The van der Waals surface area contributed by atoms with Gasteiger partial charge < -0.3 is 9.73 Å². The minimum Gasteiger partial charge on any atom is -0.431 e. The first-order valence-corrected chi connectivity index (χ1v) is 9.48. The molecule has 126 valence electrons. The third kappa shape index (κ3) is 3.38. The number of nitrogens with zero attached hydrogens (tertiary/aromatic N) is 2. The maximum absolute atomic E-state index is 12.4. The Labute approximate surface area is 152 Å². The lowest BCUT2D eigenvalue weighted by molar-refractivity contribution is -0.115. The lowest BCUT2D eigenvalue weighted by Gasteiger charge is -2.07. The standard InChI is InChI=1S/C18H15N3O2S2/c1-10-7-8-13-15(9-10)25-17(19-13)21-16(22)11(2)24-18-20-12-5-3-4-6-14(12)23-18/h3-9,11H,1-2H3,(H,19,21,22). The number of nitrogens with one attached hydrogen (secondary N) is 1. The normalized spacial score (nSPS) is 12.6. The number of carbonyl (C=O) groups excluding carboxylic acids is 1. The maximum Gasteiger partial charge on any atom is 0.257 e. The summed E-state index contributed by atoms with van der Waals surface area (Å²) in [7, 11) is 0. The highest BCUT2D eigenvalue weighted by atomic mass is 32.2. The van der Waals surface area contributed by atoms with Gasteiger partial charge in [0.1, 0.15) is 5.52 Å². The van der Waals surface area contributed by atoms with Crippen molar-refractivity contribution in [3.63, 3.8) is 0 Å². The second-order valence-corrected chi connectivity index (χ2v) is 8.01. The smallest absolute Gasteiger partial charge is 0.257 e. The highest BCUT2D eigenvalue weighted by Gasteiger charge is 2.19. The van der Waals surface area contributed by atoms with Crippen LogP contribution in [0, 0.1) is 6.92 Å². The molecule has 1 atom stereocenters. The number of benzene rings is 2. The van der Waals surface area contributed by atoms with Crippen molar-refractivity contribution in [2.75, 3.05) is 5.32 Å². The molecule has 1 amide bonds. The molecule has 25 heavy (non-hydrogen) atoms. The van der Waals surface area contributed by atoms with E-state index in [2.05, 4.69) is 21.4 Å². The second kappa shape index (κ2) is 6.50. The number of anilines is 1. The summed E-state index contributed by atoms with van der Waals surface area (Å²) in [5.41, 5.74) is 3.58. The Kier molecular flexibility index (Phi) is 4.19. The minimum atomic E-state index is -0.346. The summed E-state index contributed by atoms with van der Waals surface area (Å²) in [6, 6.07) is 13.6. The van der Waals surface area contributed by atoms with E-state index in [0.29, 0.717) is 10.4 Å². The van der Waals surface area contributed by atoms with Crippen LogP contribution < -0.4 is 5.32 Å². The number of aromatic nitrogens is 2. The number of fused-ring (bicyclic) bond motifs is 2. The van der Waals surface area contributed by atoms with Gasteiger partial charge in [-0.15, -0.1) is 0 Å². The fourth-order valence-corrected chi connectivity index (χ4v) is 4.12. The molecule has 0 aliphatic rings. The number of hydrogen-bond acceptors (Lipinski definition) is 6. The van der Waals surface area contributed by atoms with E-state index in [1.807, 2.05) is 50.2 Å². The summed E-state index contributed by atoms with van der Waals surface area (Å²) in [6.45, 7) is 3.86. The highest BCUT2D eigenvalue weighted by molar-refractivity contribution is 8.00. The average Bonchev–Trinajstić information content (AvgIpc) is 3.16. The number of aryl methyl sites for hydroxylation is 1. The van der Waals surface area contributed by atoms with Gasteiger partial charge in [0, 0.05) is 0 Å². The minimum absolute atomic E-state index is 0.122. The molecule has 5 nitrogen and oxygen atoms in total. The van der Waals surface area contributed by atoms with Gasteiger partial charge in [0.25, 0.3) is 5.22 Å². The predicted octanol–water partition coefficient (Wildman–Crippen LogP) is 4.87. The van der Waals surface area contributed by atoms with Crippen LogP contribution in [0.2, 0.25) is 0 Å².